The van der Waals surface area contributed by atoms with Gasteiger partial charge in [-0.05, 0) is 42.0 Å². The number of aliphatic imine (C=N–C) groups is 1. The van der Waals surface area contributed by atoms with Gasteiger partial charge in [-0.2, -0.15) is 5.26 Å². The molecular formula is C19H22N6O2S2. The van der Waals surface area contributed by atoms with Crippen molar-refractivity contribution in [2.75, 3.05) is 13.1 Å². The van der Waals surface area contributed by atoms with Crippen LogP contribution < -0.4 is 21.1 Å². The molecule has 152 valence electrons. The summed E-state index contributed by atoms with van der Waals surface area (Å²) in [5, 5.41) is 27.2. The predicted molar refractivity (Wildman–Crippen MR) is 115 cm³/mol. The van der Waals surface area contributed by atoms with Crippen molar-refractivity contribution in [3.05, 3.63) is 63.3 Å². The molecule has 0 saturated heterocycles. The van der Waals surface area contributed by atoms with Crippen LogP contribution in [0.2, 0.25) is 0 Å². The lowest BCUT2D eigenvalue weighted by Crippen LogP contribution is -2.40. The molecule has 29 heavy (non-hydrogen) atoms. The zero-order valence-corrected chi connectivity index (χ0v) is 17.5. The quantitative estimate of drug-likeness (QED) is 0.504. The Kier molecular flexibility index (Phi) is 6.64. The smallest absolute Gasteiger partial charge is 0.238 e. The molecule has 10 heteroatoms. The van der Waals surface area contributed by atoms with Gasteiger partial charge in [0.05, 0.1) is 22.2 Å². The molecular weight excluding hydrogens is 408 g/mol. The van der Waals surface area contributed by atoms with Crippen molar-refractivity contribution in [3.63, 3.8) is 0 Å². The van der Waals surface area contributed by atoms with Gasteiger partial charge in [0.1, 0.15) is 11.6 Å². The summed E-state index contributed by atoms with van der Waals surface area (Å²) in [6, 6.07) is 8.74. The Morgan fingerprint density at radius 1 is 1.34 bits per heavy atom. The molecule has 5 N–H and O–H groups in total. The van der Waals surface area contributed by atoms with Crippen molar-refractivity contribution in [2.45, 2.75) is 24.7 Å². The Balaban J connectivity index is 1.55. The second-order valence-electron chi connectivity index (χ2n) is 6.35. The molecule has 0 fully saturated rings. The molecule has 0 saturated carbocycles. The molecule has 1 aromatic rings. The molecule has 8 nitrogen and oxygen atoms in total. The van der Waals surface area contributed by atoms with Crippen molar-refractivity contribution in [1.82, 2.24) is 16.0 Å². The van der Waals surface area contributed by atoms with E-state index in [4.69, 9.17) is 5.14 Å². The van der Waals surface area contributed by atoms with Gasteiger partial charge in [0.15, 0.2) is 5.96 Å². The lowest BCUT2D eigenvalue weighted by molar-refractivity contribution is 0.598. The molecule has 0 amide bonds. The first-order chi connectivity index (χ1) is 13.9. The topological polar surface area (TPSA) is 132 Å². The third-order valence-corrected chi connectivity index (χ3v) is 6.21. The summed E-state index contributed by atoms with van der Waals surface area (Å²) >= 11 is 1.51. The van der Waals surface area contributed by atoms with E-state index in [9.17, 15) is 13.7 Å². The summed E-state index contributed by atoms with van der Waals surface area (Å²) in [5.41, 5.74) is 3.35. The van der Waals surface area contributed by atoms with Crippen molar-refractivity contribution in [3.8, 4) is 6.07 Å². The molecule has 2 aliphatic rings. The first-order valence-corrected chi connectivity index (χ1v) is 11.5. The average Bonchev–Trinajstić information content (AvgIpc) is 3.18. The maximum Gasteiger partial charge on any atom is 0.238 e. The highest BCUT2D eigenvalue weighted by molar-refractivity contribution is 8.06. The number of sulfonamides is 1. The van der Waals surface area contributed by atoms with Crippen molar-refractivity contribution in [1.29, 1.82) is 5.26 Å². The van der Waals surface area contributed by atoms with Crippen molar-refractivity contribution in [2.24, 2.45) is 10.1 Å². The van der Waals surface area contributed by atoms with E-state index in [1.54, 1.807) is 12.1 Å². The number of nitrogens with zero attached hydrogens (tertiary/aromatic N) is 2. The fourth-order valence-corrected chi connectivity index (χ4v) is 4.21. The van der Waals surface area contributed by atoms with Crippen LogP contribution in [0.15, 0.2) is 67.6 Å². The number of nitriles is 1. The number of guanidine groups is 1. The summed E-state index contributed by atoms with van der Waals surface area (Å²) < 4.78 is 22.6. The van der Waals surface area contributed by atoms with Gasteiger partial charge in [-0.25, -0.2) is 18.5 Å². The zero-order chi connectivity index (χ0) is 20.9. The normalized spacial score (nSPS) is 17.9. The van der Waals surface area contributed by atoms with Crippen LogP contribution in [0.25, 0.3) is 0 Å². The highest BCUT2D eigenvalue weighted by Crippen LogP contribution is 2.30. The number of allylic oxidation sites excluding steroid dienone is 2. The molecule has 2 heterocycles. The van der Waals surface area contributed by atoms with E-state index < -0.39 is 10.0 Å². The maximum atomic E-state index is 11.3. The minimum absolute atomic E-state index is 0.0958. The number of benzene rings is 1. The summed E-state index contributed by atoms with van der Waals surface area (Å²) in [6.07, 6.45) is 3.45. The number of nitrogens with two attached hydrogens (primary N) is 1. The van der Waals surface area contributed by atoms with Crippen LogP contribution in [0.5, 0.6) is 0 Å². The first-order valence-electron chi connectivity index (χ1n) is 9.05. The molecule has 0 aliphatic carbocycles. The molecule has 3 rings (SSSR count). The van der Waals surface area contributed by atoms with Crippen LogP contribution >= 0.6 is 11.8 Å². The Bertz CT molecular complexity index is 1050. The lowest BCUT2D eigenvalue weighted by Gasteiger charge is -2.19. The van der Waals surface area contributed by atoms with E-state index in [-0.39, 0.29) is 4.90 Å². The molecule has 0 aromatic heterocycles. The van der Waals surface area contributed by atoms with E-state index in [1.165, 1.54) is 23.9 Å². The van der Waals surface area contributed by atoms with E-state index in [2.05, 4.69) is 33.9 Å². The Morgan fingerprint density at radius 3 is 2.72 bits per heavy atom. The number of hydrogen-bond donors (Lipinski definition) is 4. The molecule has 0 bridgehead atoms. The third kappa shape index (κ3) is 5.41. The van der Waals surface area contributed by atoms with Gasteiger partial charge >= 0.3 is 0 Å². The van der Waals surface area contributed by atoms with Gasteiger partial charge in [-0.1, -0.05) is 30.8 Å². The second-order valence-corrected chi connectivity index (χ2v) is 8.79. The standard InChI is InChI=1S/C19H22N6O2S2/c1-2-14-12-28-18(24-14)16(11-20)17-8-10-23-19(25-17)22-9-7-13-3-5-15(6-4-13)29(21,26)27/h3-6,8,12,24H,2,7,9-10H2,1H3,(H2,21,26,27)(H2,22,23,25)/b18-16-. The summed E-state index contributed by atoms with van der Waals surface area (Å²) in [5.74, 6) is 0.601. The van der Waals surface area contributed by atoms with E-state index in [0.717, 1.165) is 28.4 Å². The second kappa shape index (κ2) is 9.17. The van der Waals surface area contributed by atoms with Crippen molar-refractivity contribution < 1.29 is 8.42 Å². The number of hydrogen-bond acceptors (Lipinski definition) is 8. The summed E-state index contributed by atoms with van der Waals surface area (Å²) in [6.45, 7) is 3.13. The summed E-state index contributed by atoms with van der Waals surface area (Å²) in [7, 11) is -3.68. The number of nitrogens with one attached hydrogen (secondary N) is 3. The van der Waals surface area contributed by atoms with Gasteiger partial charge in [0, 0.05) is 12.2 Å². The van der Waals surface area contributed by atoms with E-state index in [1.807, 2.05) is 11.5 Å². The van der Waals surface area contributed by atoms with E-state index in [0.29, 0.717) is 31.0 Å². The SMILES string of the molecule is CCC1=CS/C(=C(/C#N)C2=CCN=C(NCCc3ccc(S(N)(=O)=O)cc3)N2)N1. The fourth-order valence-electron chi connectivity index (χ4n) is 2.74. The fraction of sp³-hybridized carbons (Fsp3) is 0.263. The average molecular weight is 431 g/mol. The van der Waals surface area contributed by atoms with Gasteiger partial charge in [0.25, 0.3) is 0 Å². The monoisotopic (exact) mass is 430 g/mol. The summed E-state index contributed by atoms with van der Waals surface area (Å²) in [4.78, 5) is 4.48. The van der Waals surface area contributed by atoms with Crippen LogP contribution in [0.4, 0.5) is 0 Å². The molecule has 2 aliphatic heterocycles. The molecule has 0 radical (unpaired) electrons. The van der Waals surface area contributed by atoms with Gasteiger partial charge in [-0.3, -0.25) is 0 Å². The molecule has 0 unspecified atom stereocenters. The van der Waals surface area contributed by atoms with Crippen LogP contribution in [0.3, 0.4) is 0 Å². The van der Waals surface area contributed by atoms with Gasteiger partial charge in [-0.15, -0.1) is 0 Å². The highest BCUT2D eigenvalue weighted by atomic mass is 32.2. The molecule has 1 aromatic carbocycles. The predicted octanol–water partition coefficient (Wildman–Crippen LogP) is 1.63. The van der Waals surface area contributed by atoms with E-state index >= 15 is 0 Å². The zero-order valence-electron chi connectivity index (χ0n) is 15.9. The highest BCUT2D eigenvalue weighted by Gasteiger charge is 2.19. The van der Waals surface area contributed by atoms with Crippen LogP contribution in [0.1, 0.15) is 18.9 Å². The third-order valence-electron chi connectivity index (χ3n) is 4.34. The van der Waals surface area contributed by atoms with Crippen LogP contribution in [-0.2, 0) is 16.4 Å². The Labute approximate surface area is 174 Å². The van der Waals surface area contributed by atoms with Gasteiger partial charge < -0.3 is 16.0 Å². The molecule has 0 spiro atoms. The van der Waals surface area contributed by atoms with Crippen molar-refractivity contribution >= 4 is 27.7 Å². The van der Waals surface area contributed by atoms with Gasteiger partial charge in [0.2, 0.25) is 10.0 Å². The van der Waals surface area contributed by atoms with Crippen LogP contribution in [0, 0.1) is 11.3 Å². The number of rotatable bonds is 6. The minimum Gasteiger partial charge on any atom is -0.356 e. The minimum atomic E-state index is -3.68. The Hall–Kier alpha value is -2.74. The first kappa shape index (κ1) is 21.0. The Morgan fingerprint density at radius 2 is 2.10 bits per heavy atom. The lowest BCUT2D eigenvalue weighted by atomic mass is 10.1. The maximum absolute atomic E-state index is 11.3. The number of primary sulfonamides is 1. The number of thioether (sulfide) groups is 1. The van der Waals surface area contributed by atoms with Crippen LogP contribution in [-0.4, -0.2) is 27.5 Å². The largest absolute Gasteiger partial charge is 0.356 e. The molecule has 0 atom stereocenters.